The molecule has 0 saturated heterocycles. The molecule has 0 heterocycles. The number of carboxylic acid groups (broad SMARTS) is 1. The summed E-state index contributed by atoms with van der Waals surface area (Å²) in [5.74, 6) is -2.00. The molecule has 0 aliphatic rings. The molecule has 66 valence electrons. The van der Waals surface area contributed by atoms with Crippen LogP contribution in [0, 0.1) is 0 Å². The van der Waals surface area contributed by atoms with Gasteiger partial charge in [0.05, 0.1) is 0 Å². The van der Waals surface area contributed by atoms with E-state index in [1.165, 1.54) is 0 Å². The predicted octanol–water partition coefficient (Wildman–Crippen LogP) is -0.921. The molecule has 0 bridgehead atoms. The minimum Gasteiger partial charge on any atom is -0.478 e. The highest BCUT2D eigenvalue weighted by Crippen LogP contribution is 1.91. The van der Waals surface area contributed by atoms with Crippen LogP contribution in [0.3, 0.4) is 0 Å². The van der Waals surface area contributed by atoms with Crippen LogP contribution >= 0.6 is 0 Å². The zero-order valence-corrected chi connectivity index (χ0v) is 6.28. The lowest BCUT2D eigenvalue weighted by Crippen LogP contribution is -2.28. The van der Waals surface area contributed by atoms with Gasteiger partial charge in [-0.2, -0.15) is 8.42 Å². The van der Waals surface area contributed by atoms with Gasteiger partial charge in [-0.1, -0.05) is 0 Å². The van der Waals surface area contributed by atoms with Crippen LogP contribution in [0.4, 0.5) is 0 Å². The Kier molecular flexibility index (Phi) is 5.59. The number of aliphatic hydroxyl groups is 1. The second kappa shape index (κ2) is 4.83. The van der Waals surface area contributed by atoms with E-state index in [2.05, 4.69) is 13.2 Å². The number of hydrogen-bond donors (Lipinski definition) is 3. The van der Waals surface area contributed by atoms with Crippen LogP contribution in [0.2, 0.25) is 0 Å². The summed E-state index contributed by atoms with van der Waals surface area (Å²) in [6.45, 7) is 6.00. The van der Waals surface area contributed by atoms with Crippen molar-refractivity contribution in [3.63, 3.8) is 0 Å². The average molecular weight is 184 g/mol. The number of rotatable bonds is 2. The highest BCUT2D eigenvalue weighted by Gasteiger charge is 2.27. The van der Waals surface area contributed by atoms with Crippen molar-refractivity contribution >= 4 is 16.1 Å². The molecule has 0 aromatic heterocycles. The van der Waals surface area contributed by atoms with Crippen molar-refractivity contribution in [2.75, 3.05) is 0 Å². The Morgan fingerprint density at radius 3 is 1.64 bits per heavy atom. The molecule has 0 aliphatic carbocycles. The number of aliphatic hydroxyl groups excluding tert-OH is 1. The second-order valence-electron chi connectivity index (χ2n) is 1.21. The maximum atomic E-state index is 9.70. The van der Waals surface area contributed by atoms with E-state index in [0.29, 0.717) is 0 Å². The molecule has 0 amide bonds. The Morgan fingerprint density at radius 2 is 1.64 bits per heavy atom. The Hall–Kier alpha value is -0.920. The Morgan fingerprint density at radius 1 is 1.36 bits per heavy atom. The number of hydrogen-bond acceptors (Lipinski definition) is 4. The molecule has 6 nitrogen and oxygen atoms in total. The molecular weight excluding hydrogens is 176 g/mol. The smallest absolute Gasteiger partial charge is 0.351 e. The first-order valence-electron chi connectivity index (χ1n) is 2.23. The molecule has 11 heavy (non-hydrogen) atoms. The van der Waals surface area contributed by atoms with Crippen LogP contribution in [-0.4, -0.2) is 34.6 Å². The summed E-state index contributed by atoms with van der Waals surface area (Å²) in [5, 5.41) is 15.8. The third-order valence-electron chi connectivity index (χ3n) is 0.493. The molecular formula is C4H8O6S. The van der Waals surface area contributed by atoms with Crippen molar-refractivity contribution in [3.05, 3.63) is 13.2 Å². The second-order valence-corrected chi connectivity index (χ2v) is 2.68. The summed E-state index contributed by atoms with van der Waals surface area (Å²) in [5.41, 5.74) is -2.74. The molecule has 0 aromatic rings. The molecule has 0 saturated carbocycles. The topological polar surface area (TPSA) is 112 Å². The van der Waals surface area contributed by atoms with Gasteiger partial charge in [-0.25, -0.2) is 4.79 Å². The maximum absolute atomic E-state index is 9.70. The molecule has 0 rings (SSSR count). The van der Waals surface area contributed by atoms with Crippen molar-refractivity contribution in [1.29, 1.82) is 0 Å². The van der Waals surface area contributed by atoms with E-state index in [4.69, 9.17) is 14.8 Å². The Labute approximate surface area is 63.5 Å². The molecule has 7 heteroatoms. The minimum absolute atomic E-state index is 2.00. The number of carboxylic acids is 1. The molecule has 3 N–H and O–H groups in total. The summed E-state index contributed by atoms with van der Waals surface area (Å²) >= 11 is 0. The fraction of sp³-hybridized carbons (Fsp3) is 0.250. The molecule has 1 atom stereocenters. The molecule has 0 radical (unpaired) electrons. The molecule has 0 aromatic carbocycles. The first-order chi connectivity index (χ1) is 4.85. The third-order valence-corrected chi connectivity index (χ3v) is 1.26. The normalized spacial score (nSPS) is 12.5. The molecule has 1 unspecified atom stereocenters. The van der Waals surface area contributed by atoms with Crippen LogP contribution in [0.25, 0.3) is 0 Å². The third kappa shape index (κ3) is 5.52. The summed E-state index contributed by atoms with van der Waals surface area (Å²) < 4.78 is 27.2. The van der Waals surface area contributed by atoms with E-state index in [9.17, 15) is 13.2 Å². The van der Waals surface area contributed by atoms with Gasteiger partial charge < -0.3 is 10.2 Å². The number of carbonyl (C=O) groups is 1. The largest absolute Gasteiger partial charge is 0.478 e. The zero-order valence-electron chi connectivity index (χ0n) is 5.47. The fourth-order valence-electron chi connectivity index (χ4n) is 0.127. The van der Waals surface area contributed by atoms with Gasteiger partial charge in [0.25, 0.3) is 5.44 Å². The van der Waals surface area contributed by atoms with Crippen molar-refractivity contribution in [2.24, 2.45) is 0 Å². The first kappa shape index (κ1) is 12.7. The van der Waals surface area contributed by atoms with E-state index >= 15 is 0 Å². The van der Waals surface area contributed by atoms with Gasteiger partial charge in [-0.05, 0) is 0 Å². The van der Waals surface area contributed by atoms with E-state index in [-0.39, 0.29) is 0 Å². The van der Waals surface area contributed by atoms with Gasteiger partial charge in [0.1, 0.15) is 0 Å². The van der Waals surface area contributed by atoms with E-state index in [1.807, 2.05) is 0 Å². The van der Waals surface area contributed by atoms with Crippen LogP contribution < -0.4 is 0 Å². The van der Waals surface area contributed by atoms with Gasteiger partial charge in [-0.15, -0.1) is 13.2 Å². The van der Waals surface area contributed by atoms with Gasteiger partial charge >= 0.3 is 16.1 Å². The highest BCUT2D eigenvalue weighted by atomic mass is 32.2. The van der Waals surface area contributed by atoms with E-state index in [1.54, 1.807) is 0 Å². The van der Waals surface area contributed by atoms with Crippen molar-refractivity contribution in [3.8, 4) is 0 Å². The lowest BCUT2D eigenvalue weighted by Gasteiger charge is -1.97. The van der Waals surface area contributed by atoms with Crippen LogP contribution in [0.1, 0.15) is 0 Å². The van der Waals surface area contributed by atoms with Gasteiger partial charge in [-0.3, -0.25) is 4.55 Å². The number of aliphatic carboxylic acids is 1. The SMILES string of the molecule is C=C.O=C(O)C(O)S(=O)(=O)O. The minimum atomic E-state index is -4.85. The average Bonchev–Trinajstić information content (AvgIpc) is 1.89. The fourth-order valence-corrected chi connectivity index (χ4v) is 0.382. The van der Waals surface area contributed by atoms with Gasteiger partial charge in [0.2, 0.25) is 0 Å². The van der Waals surface area contributed by atoms with E-state index < -0.39 is 21.5 Å². The van der Waals surface area contributed by atoms with Crippen LogP contribution in [0.15, 0.2) is 13.2 Å². The lowest BCUT2D eigenvalue weighted by molar-refractivity contribution is -0.142. The summed E-state index contributed by atoms with van der Waals surface area (Å²) in [6.07, 6.45) is 0. The maximum Gasteiger partial charge on any atom is 0.351 e. The molecule has 0 fully saturated rings. The zero-order chi connectivity index (χ0) is 9.65. The van der Waals surface area contributed by atoms with Gasteiger partial charge in [0.15, 0.2) is 0 Å². The quantitative estimate of drug-likeness (QED) is 0.378. The van der Waals surface area contributed by atoms with Crippen LogP contribution in [-0.2, 0) is 14.9 Å². The summed E-state index contributed by atoms with van der Waals surface area (Å²) in [4.78, 5) is 9.56. The van der Waals surface area contributed by atoms with Crippen molar-refractivity contribution in [2.45, 2.75) is 5.44 Å². The Bertz CT molecular complexity index is 217. The van der Waals surface area contributed by atoms with Crippen LogP contribution in [0.5, 0.6) is 0 Å². The summed E-state index contributed by atoms with van der Waals surface area (Å²) in [6, 6.07) is 0. The molecule has 0 aliphatic heterocycles. The first-order valence-corrected chi connectivity index (χ1v) is 3.73. The van der Waals surface area contributed by atoms with Crippen molar-refractivity contribution in [1.82, 2.24) is 0 Å². The monoisotopic (exact) mass is 184 g/mol. The lowest BCUT2D eigenvalue weighted by atomic mass is 10.7. The Balaban J connectivity index is 0. The predicted molar refractivity (Wildman–Crippen MR) is 36.4 cm³/mol. The highest BCUT2D eigenvalue weighted by molar-refractivity contribution is 7.87. The van der Waals surface area contributed by atoms with Gasteiger partial charge in [0, 0.05) is 0 Å². The molecule has 0 spiro atoms. The summed E-state index contributed by atoms with van der Waals surface area (Å²) in [7, 11) is -4.85. The van der Waals surface area contributed by atoms with Crippen molar-refractivity contribution < 1.29 is 28.0 Å². The standard InChI is InChI=1S/C2H4O6S.C2H4/c3-1(4)2(5)9(6,7)8;1-2/h2,5H,(H,3,4)(H,6,7,8);1-2H2. The van der Waals surface area contributed by atoms with E-state index in [0.717, 1.165) is 0 Å².